The van der Waals surface area contributed by atoms with Gasteiger partial charge in [0, 0.05) is 12.1 Å². The molecule has 0 radical (unpaired) electrons. The Morgan fingerprint density at radius 1 is 1.11 bits per heavy atom. The number of carbonyl (C=O) groups is 2. The highest BCUT2D eigenvalue weighted by atomic mass is 16.5. The van der Waals surface area contributed by atoms with Crippen LogP contribution in [0.5, 0.6) is 5.75 Å². The smallest absolute Gasteiger partial charge is 0.275 e. The van der Waals surface area contributed by atoms with Crippen LogP contribution in [0.25, 0.3) is 0 Å². The molecule has 0 aromatic heterocycles. The molecule has 1 heterocycles. The summed E-state index contributed by atoms with van der Waals surface area (Å²) in [6.45, 7) is 9.83. The van der Waals surface area contributed by atoms with Gasteiger partial charge >= 0.3 is 0 Å². The van der Waals surface area contributed by atoms with Gasteiger partial charge in [-0.15, -0.1) is 0 Å². The third kappa shape index (κ3) is 7.19. The van der Waals surface area contributed by atoms with E-state index < -0.39 is 6.04 Å². The van der Waals surface area contributed by atoms with Crippen molar-refractivity contribution in [2.45, 2.75) is 32.9 Å². The topological polar surface area (TPSA) is 76.3 Å². The van der Waals surface area contributed by atoms with E-state index in [1.807, 2.05) is 19.1 Å². The molecule has 1 fully saturated rings. The van der Waals surface area contributed by atoms with Crippen molar-refractivity contribution in [2.24, 2.45) is 0 Å². The van der Waals surface area contributed by atoms with Gasteiger partial charge in [0.2, 0.25) is 5.91 Å². The van der Waals surface area contributed by atoms with Gasteiger partial charge < -0.3 is 25.2 Å². The van der Waals surface area contributed by atoms with Gasteiger partial charge in [-0.3, -0.25) is 9.59 Å². The molecule has 1 aliphatic rings. The van der Waals surface area contributed by atoms with Crippen LogP contribution < -0.4 is 25.2 Å². The molecule has 2 rings (SSSR count). The molecule has 0 spiro atoms. The Morgan fingerprint density at radius 3 is 2.33 bits per heavy atom. The number of ether oxygens (including phenoxy) is 1. The molecule has 7 nitrogen and oxygen atoms in total. The van der Waals surface area contributed by atoms with Gasteiger partial charge in [0.05, 0.1) is 7.11 Å². The number of methoxy groups -OCH3 is 1. The predicted molar refractivity (Wildman–Crippen MR) is 104 cm³/mol. The van der Waals surface area contributed by atoms with Gasteiger partial charge in [-0.2, -0.15) is 0 Å². The van der Waals surface area contributed by atoms with Crippen molar-refractivity contribution in [1.29, 1.82) is 0 Å². The van der Waals surface area contributed by atoms with Gasteiger partial charge in [0.25, 0.3) is 5.91 Å². The van der Waals surface area contributed by atoms with Crippen LogP contribution in [-0.4, -0.2) is 64.2 Å². The molecule has 1 saturated heterocycles. The fourth-order valence-electron chi connectivity index (χ4n) is 3.33. The summed E-state index contributed by atoms with van der Waals surface area (Å²) in [5.74, 6) is 0.711. The van der Waals surface area contributed by atoms with Crippen LogP contribution in [0.15, 0.2) is 24.3 Å². The van der Waals surface area contributed by atoms with Gasteiger partial charge in [0.1, 0.15) is 44.5 Å². The van der Waals surface area contributed by atoms with Gasteiger partial charge in [-0.25, -0.2) is 0 Å². The molecule has 4 N–H and O–H groups in total. The highest BCUT2D eigenvalue weighted by Crippen LogP contribution is 2.10. The lowest BCUT2D eigenvalue weighted by molar-refractivity contribution is -1.02. The zero-order chi connectivity index (χ0) is 19.6. The SMILES string of the molecule is CCCNC(=O)[C@H](C)NC(=O)C[NH+]1CC[NH+](Cc2ccc(OC)cc2)CC1. The summed E-state index contributed by atoms with van der Waals surface area (Å²) in [6.07, 6.45) is 0.889. The minimum atomic E-state index is -0.481. The molecule has 1 aliphatic heterocycles. The van der Waals surface area contributed by atoms with E-state index in [-0.39, 0.29) is 11.8 Å². The van der Waals surface area contributed by atoms with Crippen LogP contribution >= 0.6 is 0 Å². The second-order valence-corrected chi connectivity index (χ2v) is 7.28. The first kappa shape index (κ1) is 21.2. The molecule has 1 aromatic carbocycles. The van der Waals surface area contributed by atoms with Crippen molar-refractivity contribution in [3.8, 4) is 5.75 Å². The van der Waals surface area contributed by atoms with E-state index in [2.05, 4.69) is 22.8 Å². The van der Waals surface area contributed by atoms with Crippen LogP contribution in [0.3, 0.4) is 0 Å². The van der Waals surface area contributed by atoms with E-state index in [4.69, 9.17) is 4.74 Å². The molecular formula is C20H34N4O3+2. The van der Waals surface area contributed by atoms with Crippen molar-refractivity contribution < 1.29 is 24.1 Å². The third-order valence-corrected chi connectivity index (χ3v) is 5.01. The Hall–Kier alpha value is -2.12. The number of hydrogen-bond acceptors (Lipinski definition) is 3. The normalized spacial score (nSPS) is 20.6. The maximum absolute atomic E-state index is 12.2. The molecule has 2 amide bonds. The van der Waals surface area contributed by atoms with Crippen molar-refractivity contribution in [1.82, 2.24) is 10.6 Å². The molecule has 1 atom stereocenters. The van der Waals surface area contributed by atoms with Crippen LogP contribution in [0.4, 0.5) is 0 Å². The summed E-state index contributed by atoms with van der Waals surface area (Å²) in [5.41, 5.74) is 1.30. The fraction of sp³-hybridized carbons (Fsp3) is 0.600. The van der Waals surface area contributed by atoms with Crippen LogP contribution in [0.1, 0.15) is 25.8 Å². The minimum absolute atomic E-state index is 0.0530. The van der Waals surface area contributed by atoms with Crippen molar-refractivity contribution in [3.05, 3.63) is 29.8 Å². The van der Waals surface area contributed by atoms with Gasteiger partial charge in [-0.1, -0.05) is 6.92 Å². The summed E-state index contributed by atoms with van der Waals surface area (Å²) in [4.78, 5) is 26.9. The van der Waals surface area contributed by atoms with Crippen molar-refractivity contribution in [3.63, 3.8) is 0 Å². The fourth-order valence-corrected chi connectivity index (χ4v) is 3.33. The molecule has 0 aliphatic carbocycles. The average Bonchev–Trinajstić information content (AvgIpc) is 2.68. The minimum Gasteiger partial charge on any atom is -0.497 e. The molecule has 0 saturated carbocycles. The molecule has 27 heavy (non-hydrogen) atoms. The second-order valence-electron chi connectivity index (χ2n) is 7.28. The highest BCUT2D eigenvalue weighted by molar-refractivity contribution is 5.87. The van der Waals surface area contributed by atoms with Gasteiger partial charge in [-0.05, 0) is 37.6 Å². The Kier molecular flexibility index (Phi) is 8.54. The lowest BCUT2D eigenvalue weighted by Crippen LogP contribution is -3.28. The summed E-state index contributed by atoms with van der Waals surface area (Å²) in [7, 11) is 1.68. The maximum Gasteiger partial charge on any atom is 0.275 e. The number of nitrogens with one attached hydrogen (secondary N) is 4. The number of hydrogen-bond donors (Lipinski definition) is 4. The first-order valence-electron chi connectivity index (χ1n) is 9.89. The highest BCUT2D eigenvalue weighted by Gasteiger charge is 2.26. The zero-order valence-corrected chi connectivity index (χ0v) is 16.8. The molecular weight excluding hydrogens is 344 g/mol. The Balaban J connectivity index is 1.68. The second kappa shape index (κ2) is 10.9. The Labute approximate surface area is 162 Å². The van der Waals surface area contributed by atoms with Crippen molar-refractivity contribution >= 4 is 11.8 Å². The summed E-state index contributed by atoms with van der Waals surface area (Å²) in [6, 6.07) is 7.74. The van der Waals surface area contributed by atoms with Crippen molar-refractivity contribution in [2.75, 3.05) is 46.4 Å². The van der Waals surface area contributed by atoms with E-state index in [0.717, 1.165) is 44.9 Å². The Morgan fingerprint density at radius 2 is 1.74 bits per heavy atom. The number of piperazine rings is 1. The summed E-state index contributed by atoms with van der Waals surface area (Å²) >= 11 is 0. The number of quaternary nitrogens is 2. The average molecular weight is 379 g/mol. The first-order chi connectivity index (χ1) is 13.0. The molecule has 7 heteroatoms. The van der Waals surface area contributed by atoms with Gasteiger partial charge in [0.15, 0.2) is 6.54 Å². The molecule has 0 bridgehead atoms. The number of rotatable bonds is 9. The first-order valence-corrected chi connectivity index (χ1v) is 9.89. The zero-order valence-electron chi connectivity index (χ0n) is 16.8. The van der Waals surface area contributed by atoms with Crippen LogP contribution in [-0.2, 0) is 16.1 Å². The maximum atomic E-state index is 12.2. The van der Waals surface area contributed by atoms with Crippen LogP contribution in [0.2, 0.25) is 0 Å². The largest absolute Gasteiger partial charge is 0.497 e. The van der Waals surface area contributed by atoms with Crippen LogP contribution in [0, 0.1) is 0 Å². The third-order valence-electron chi connectivity index (χ3n) is 5.01. The number of amides is 2. The van der Waals surface area contributed by atoms with E-state index >= 15 is 0 Å². The lowest BCUT2D eigenvalue weighted by atomic mass is 10.2. The Bertz CT molecular complexity index is 598. The van der Waals surface area contributed by atoms with E-state index in [9.17, 15) is 9.59 Å². The summed E-state index contributed by atoms with van der Waals surface area (Å²) in [5, 5.41) is 5.61. The quantitative estimate of drug-likeness (QED) is 0.402. The van der Waals surface area contributed by atoms with E-state index in [0.29, 0.717) is 13.1 Å². The van der Waals surface area contributed by atoms with E-state index in [1.165, 1.54) is 15.4 Å². The van der Waals surface area contributed by atoms with E-state index in [1.54, 1.807) is 14.0 Å². The molecule has 0 unspecified atom stereocenters. The molecule has 1 aromatic rings. The molecule has 150 valence electrons. The summed E-state index contributed by atoms with van der Waals surface area (Å²) < 4.78 is 5.20. The monoisotopic (exact) mass is 378 g/mol. The number of benzene rings is 1. The number of carbonyl (C=O) groups excluding carboxylic acids is 2. The lowest BCUT2D eigenvalue weighted by Gasteiger charge is -2.29. The predicted octanol–water partition coefficient (Wildman–Crippen LogP) is -1.99. The standard InChI is InChI=1S/C20H32N4O3/c1-4-9-21-20(26)16(2)22-19(25)15-24-12-10-23(11-13-24)14-17-5-7-18(27-3)8-6-17/h5-8,16H,4,9-15H2,1-3H3,(H,21,26)(H,22,25)/p+2/t16-/m0/s1.